The molecule has 2 aromatic rings. The van der Waals surface area contributed by atoms with Crippen molar-refractivity contribution in [2.45, 2.75) is 12.8 Å². The van der Waals surface area contributed by atoms with Crippen LogP contribution in [0.3, 0.4) is 0 Å². The van der Waals surface area contributed by atoms with E-state index in [-0.39, 0.29) is 11.6 Å². The number of nitro groups is 1. The van der Waals surface area contributed by atoms with E-state index in [1.807, 2.05) is 18.2 Å². The first kappa shape index (κ1) is 20.1. The van der Waals surface area contributed by atoms with Gasteiger partial charge in [0.15, 0.2) is 0 Å². The maximum Gasteiger partial charge on any atom is 0.269 e. The normalized spacial score (nSPS) is 17.3. The third kappa shape index (κ3) is 5.45. The topological polar surface area (TPSA) is 78.7 Å². The Bertz CT molecular complexity index is 930. The molecule has 1 heterocycles. The van der Waals surface area contributed by atoms with Crippen molar-refractivity contribution in [3.8, 4) is 0 Å². The van der Waals surface area contributed by atoms with Crippen LogP contribution in [-0.2, 0) is 4.79 Å². The standard InChI is InChI=1S/C23H26N4O3/c28-23(11-8-18-6-9-21(10-7-18)27(29)30)24-20-2-1-3-22(16-20)26-14-12-25(13-15-26)17-19-4-5-19/h1-3,6-11,16,19H,4-5,12-15,17H2,(H,24,28). The molecule has 0 unspecified atom stereocenters. The molecule has 0 radical (unpaired) electrons. The molecule has 1 saturated heterocycles. The fraction of sp³-hybridized carbons (Fsp3) is 0.348. The molecule has 1 N–H and O–H groups in total. The van der Waals surface area contributed by atoms with Crippen LogP contribution in [0.1, 0.15) is 18.4 Å². The van der Waals surface area contributed by atoms with Gasteiger partial charge in [0.1, 0.15) is 0 Å². The van der Waals surface area contributed by atoms with Crippen molar-refractivity contribution in [2.24, 2.45) is 5.92 Å². The van der Waals surface area contributed by atoms with E-state index in [2.05, 4.69) is 21.2 Å². The molecular weight excluding hydrogens is 380 g/mol. The molecule has 4 rings (SSSR count). The number of piperazine rings is 1. The number of amides is 1. The van der Waals surface area contributed by atoms with Gasteiger partial charge in [0.05, 0.1) is 4.92 Å². The van der Waals surface area contributed by atoms with Crippen molar-refractivity contribution in [1.29, 1.82) is 0 Å². The summed E-state index contributed by atoms with van der Waals surface area (Å²) in [5, 5.41) is 13.6. The van der Waals surface area contributed by atoms with Gasteiger partial charge in [-0.2, -0.15) is 0 Å². The summed E-state index contributed by atoms with van der Waals surface area (Å²) < 4.78 is 0. The number of carbonyl (C=O) groups is 1. The zero-order valence-corrected chi connectivity index (χ0v) is 16.9. The summed E-state index contributed by atoms with van der Waals surface area (Å²) in [6.07, 6.45) is 5.85. The van der Waals surface area contributed by atoms with E-state index < -0.39 is 4.92 Å². The van der Waals surface area contributed by atoms with Crippen molar-refractivity contribution < 1.29 is 9.72 Å². The lowest BCUT2D eigenvalue weighted by Crippen LogP contribution is -2.47. The molecule has 1 aliphatic heterocycles. The van der Waals surface area contributed by atoms with Gasteiger partial charge in [0, 0.05) is 62.3 Å². The lowest BCUT2D eigenvalue weighted by Gasteiger charge is -2.36. The van der Waals surface area contributed by atoms with Crippen molar-refractivity contribution in [2.75, 3.05) is 42.9 Å². The molecule has 0 spiro atoms. The Labute approximate surface area is 176 Å². The summed E-state index contributed by atoms with van der Waals surface area (Å²) in [5.74, 6) is 0.689. The Kier molecular flexibility index (Phi) is 6.09. The summed E-state index contributed by atoms with van der Waals surface area (Å²) >= 11 is 0. The first-order valence-electron chi connectivity index (χ1n) is 10.4. The lowest BCUT2D eigenvalue weighted by molar-refractivity contribution is -0.384. The largest absolute Gasteiger partial charge is 0.369 e. The summed E-state index contributed by atoms with van der Waals surface area (Å²) in [5.41, 5.74) is 2.64. The second kappa shape index (κ2) is 9.09. The van der Waals surface area contributed by atoms with E-state index in [9.17, 15) is 14.9 Å². The maximum atomic E-state index is 12.3. The van der Waals surface area contributed by atoms with Gasteiger partial charge in [-0.1, -0.05) is 6.07 Å². The maximum absolute atomic E-state index is 12.3. The van der Waals surface area contributed by atoms with E-state index in [4.69, 9.17) is 0 Å². The number of hydrogen-bond acceptors (Lipinski definition) is 5. The molecular formula is C23H26N4O3. The second-order valence-corrected chi connectivity index (χ2v) is 7.95. The SMILES string of the molecule is O=C(C=Cc1ccc([N+](=O)[O-])cc1)Nc1cccc(N2CCN(CC3CC3)CC2)c1. The first-order chi connectivity index (χ1) is 14.6. The van der Waals surface area contributed by atoms with E-state index in [0.717, 1.165) is 49.0 Å². The fourth-order valence-corrected chi connectivity index (χ4v) is 3.70. The van der Waals surface area contributed by atoms with Crippen LogP contribution in [0.4, 0.5) is 17.1 Å². The van der Waals surface area contributed by atoms with E-state index in [1.54, 1.807) is 18.2 Å². The van der Waals surface area contributed by atoms with Crippen molar-refractivity contribution >= 4 is 29.0 Å². The molecule has 156 valence electrons. The zero-order valence-electron chi connectivity index (χ0n) is 16.9. The van der Waals surface area contributed by atoms with Crippen LogP contribution in [0, 0.1) is 16.0 Å². The third-order valence-corrected chi connectivity index (χ3v) is 5.60. The lowest BCUT2D eigenvalue weighted by atomic mass is 10.2. The molecule has 7 nitrogen and oxygen atoms in total. The second-order valence-electron chi connectivity index (χ2n) is 7.95. The third-order valence-electron chi connectivity index (χ3n) is 5.60. The van der Waals surface area contributed by atoms with Crippen molar-refractivity contribution in [3.05, 3.63) is 70.3 Å². The fourth-order valence-electron chi connectivity index (χ4n) is 3.70. The summed E-state index contributed by atoms with van der Waals surface area (Å²) in [7, 11) is 0. The number of nitro benzene ring substituents is 1. The van der Waals surface area contributed by atoms with Crippen LogP contribution in [0.5, 0.6) is 0 Å². The summed E-state index contributed by atoms with van der Waals surface area (Å²) in [6.45, 7) is 5.43. The highest BCUT2D eigenvalue weighted by molar-refractivity contribution is 6.02. The predicted molar refractivity (Wildman–Crippen MR) is 119 cm³/mol. The molecule has 0 aromatic heterocycles. The summed E-state index contributed by atoms with van der Waals surface area (Å²) in [6, 6.07) is 14.0. The van der Waals surface area contributed by atoms with Crippen LogP contribution >= 0.6 is 0 Å². The Morgan fingerprint density at radius 3 is 2.50 bits per heavy atom. The van der Waals surface area contributed by atoms with E-state index >= 15 is 0 Å². The van der Waals surface area contributed by atoms with Crippen LogP contribution in [0.25, 0.3) is 6.08 Å². The highest BCUT2D eigenvalue weighted by atomic mass is 16.6. The number of hydrogen-bond donors (Lipinski definition) is 1. The van der Waals surface area contributed by atoms with Crippen molar-refractivity contribution in [3.63, 3.8) is 0 Å². The number of nitrogens with zero attached hydrogens (tertiary/aromatic N) is 3. The average Bonchev–Trinajstić information content (AvgIpc) is 3.57. The minimum Gasteiger partial charge on any atom is -0.369 e. The smallest absolute Gasteiger partial charge is 0.269 e. The number of benzene rings is 2. The molecule has 2 fully saturated rings. The van der Waals surface area contributed by atoms with E-state index in [0.29, 0.717) is 0 Å². The van der Waals surface area contributed by atoms with Gasteiger partial charge >= 0.3 is 0 Å². The van der Waals surface area contributed by atoms with Gasteiger partial charge in [-0.15, -0.1) is 0 Å². The number of non-ortho nitro benzene ring substituents is 1. The van der Waals surface area contributed by atoms with E-state index in [1.165, 1.54) is 37.6 Å². The minimum atomic E-state index is -0.444. The number of carbonyl (C=O) groups excluding carboxylic acids is 1. The molecule has 2 aliphatic rings. The first-order valence-corrected chi connectivity index (χ1v) is 10.4. The Hall–Kier alpha value is -3.19. The highest BCUT2D eigenvalue weighted by Crippen LogP contribution is 2.30. The Balaban J connectivity index is 1.31. The number of anilines is 2. The van der Waals surface area contributed by atoms with Crippen LogP contribution in [0.15, 0.2) is 54.6 Å². The van der Waals surface area contributed by atoms with Gasteiger partial charge < -0.3 is 10.2 Å². The predicted octanol–water partition coefficient (Wildman–Crippen LogP) is 3.78. The van der Waals surface area contributed by atoms with Crippen molar-refractivity contribution in [1.82, 2.24) is 4.90 Å². The number of rotatable bonds is 7. The van der Waals surface area contributed by atoms with Crippen LogP contribution in [0.2, 0.25) is 0 Å². The zero-order chi connectivity index (χ0) is 20.9. The van der Waals surface area contributed by atoms with Gasteiger partial charge in [0.2, 0.25) is 5.91 Å². The molecule has 7 heteroatoms. The van der Waals surface area contributed by atoms with Crippen LogP contribution < -0.4 is 10.2 Å². The van der Waals surface area contributed by atoms with Gasteiger partial charge in [-0.05, 0) is 60.7 Å². The molecule has 0 atom stereocenters. The molecule has 1 amide bonds. The van der Waals surface area contributed by atoms with Gasteiger partial charge in [-0.25, -0.2) is 0 Å². The Morgan fingerprint density at radius 1 is 1.10 bits per heavy atom. The molecule has 1 saturated carbocycles. The minimum absolute atomic E-state index is 0.0294. The number of nitrogens with one attached hydrogen (secondary N) is 1. The van der Waals surface area contributed by atoms with Gasteiger partial charge in [-0.3, -0.25) is 19.8 Å². The molecule has 30 heavy (non-hydrogen) atoms. The molecule has 1 aliphatic carbocycles. The van der Waals surface area contributed by atoms with Crippen LogP contribution in [-0.4, -0.2) is 48.5 Å². The molecule has 0 bridgehead atoms. The summed E-state index contributed by atoms with van der Waals surface area (Å²) in [4.78, 5) is 27.5. The highest BCUT2D eigenvalue weighted by Gasteiger charge is 2.26. The monoisotopic (exact) mass is 406 g/mol. The average molecular weight is 406 g/mol. The molecule has 2 aromatic carbocycles. The quantitative estimate of drug-likeness (QED) is 0.430. The van der Waals surface area contributed by atoms with Gasteiger partial charge in [0.25, 0.3) is 5.69 Å². The Morgan fingerprint density at radius 2 is 1.83 bits per heavy atom.